The number of rotatable bonds is 3. The van der Waals surface area contributed by atoms with Crippen LogP contribution in [0.15, 0.2) is 29.2 Å². The van der Waals surface area contributed by atoms with Gasteiger partial charge in [0.2, 0.25) is 10.0 Å². The summed E-state index contributed by atoms with van der Waals surface area (Å²) >= 11 is 0. The van der Waals surface area contributed by atoms with Gasteiger partial charge < -0.3 is 0 Å². The molecule has 6 rings (SSSR count). The van der Waals surface area contributed by atoms with Crippen molar-refractivity contribution in [1.29, 1.82) is 0 Å². The maximum Gasteiger partial charge on any atom is 0.243 e. The minimum absolute atomic E-state index is 0.274. The lowest BCUT2D eigenvalue weighted by atomic mass is 9.39. The van der Waals surface area contributed by atoms with E-state index in [0.717, 1.165) is 25.2 Å². The zero-order valence-corrected chi connectivity index (χ0v) is 17.7. The molecule has 5 fully saturated rings. The molecule has 0 aromatic heterocycles. The fraction of sp³-hybridized carbons (Fsp3) is 0.739. The number of sulfonamides is 1. The smallest absolute Gasteiger partial charge is 0.207 e. The molecule has 1 heterocycles. The van der Waals surface area contributed by atoms with Gasteiger partial charge in [-0.25, -0.2) is 8.42 Å². The molecule has 0 radical (unpaired) electrons. The van der Waals surface area contributed by atoms with E-state index in [4.69, 9.17) is 0 Å². The highest BCUT2D eigenvalue weighted by atomic mass is 32.2. The standard InChI is InChI=1S/C23H33NO2S/c1-21-12-18-13-22(2,15-21)17-23(14-18,16-21)19-6-8-20(9-7-19)27(25,26)24-10-4-3-5-11-24/h6-9,18H,3-5,10-17H2,1-2H3. The zero-order chi connectivity index (χ0) is 18.9. The van der Waals surface area contributed by atoms with Crippen LogP contribution in [0.1, 0.15) is 77.2 Å². The average Bonchev–Trinajstić information content (AvgIpc) is 2.59. The van der Waals surface area contributed by atoms with Crippen LogP contribution in [0.5, 0.6) is 0 Å². The van der Waals surface area contributed by atoms with Crippen molar-refractivity contribution in [2.45, 2.75) is 81.9 Å². The highest BCUT2D eigenvalue weighted by molar-refractivity contribution is 7.89. The summed E-state index contributed by atoms with van der Waals surface area (Å²) in [4.78, 5) is 0.482. The van der Waals surface area contributed by atoms with Crippen LogP contribution in [0.3, 0.4) is 0 Å². The van der Waals surface area contributed by atoms with Crippen LogP contribution in [0.25, 0.3) is 0 Å². The number of benzene rings is 1. The third kappa shape index (κ3) is 2.90. The Labute approximate surface area is 164 Å². The summed E-state index contributed by atoms with van der Waals surface area (Å²) in [5, 5.41) is 0. The van der Waals surface area contributed by atoms with E-state index in [0.29, 0.717) is 28.8 Å². The van der Waals surface area contributed by atoms with Gasteiger partial charge in [0.25, 0.3) is 0 Å². The van der Waals surface area contributed by atoms with E-state index in [-0.39, 0.29) is 5.41 Å². The van der Waals surface area contributed by atoms with Crippen LogP contribution < -0.4 is 0 Å². The van der Waals surface area contributed by atoms with Crippen molar-refractivity contribution in [2.75, 3.05) is 13.1 Å². The molecule has 4 aliphatic carbocycles. The van der Waals surface area contributed by atoms with E-state index in [2.05, 4.69) is 26.0 Å². The first-order valence-electron chi connectivity index (χ1n) is 10.8. The van der Waals surface area contributed by atoms with E-state index in [1.54, 1.807) is 4.31 Å². The lowest BCUT2D eigenvalue weighted by Gasteiger charge is -2.65. The molecule has 4 bridgehead atoms. The molecule has 1 aromatic carbocycles. The van der Waals surface area contributed by atoms with Crippen molar-refractivity contribution in [3.63, 3.8) is 0 Å². The van der Waals surface area contributed by atoms with Crippen LogP contribution >= 0.6 is 0 Å². The molecule has 0 amide bonds. The van der Waals surface area contributed by atoms with Gasteiger partial charge in [0.05, 0.1) is 4.90 Å². The van der Waals surface area contributed by atoms with Crippen LogP contribution in [-0.4, -0.2) is 25.8 Å². The van der Waals surface area contributed by atoms with Gasteiger partial charge in [-0.1, -0.05) is 32.4 Å². The Morgan fingerprint density at radius 2 is 1.44 bits per heavy atom. The molecule has 1 aromatic rings. The van der Waals surface area contributed by atoms with Gasteiger partial charge in [-0.05, 0) is 91.2 Å². The molecule has 1 saturated heterocycles. The number of nitrogens with zero attached hydrogens (tertiary/aromatic N) is 1. The summed E-state index contributed by atoms with van der Waals surface area (Å²) in [7, 11) is -3.33. The normalized spacial score (nSPS) is 41.8. The van der Waals surface area contributed by atoms with E-state index in [1.165, 1.54) is 44.1 Å². The Bertz CT molecular complexity index is 820. The van der Waals surface area contributed by atoms with Crippen molar-refractivity contribution in [3.05, 3.63) is 29.8 Å². The van der Waals surface area contributed by atoms with Gasteiger partial charge in [-0.15, -0.1) is 0 Å². The highest BCUT2D eigenvalue weighted by Crippen LogP contribution is 2.69. The molecule has 2 atom stereocenters. The Kier molecular flexibility index (Phi) is 3.92. The summed E-state index contributed by atoms with van der Waals surface area (Å²) < 4.78 is 27.6. The van der Waals surface area contributed by atoms with Gasteiger partial charge >= 0.3 is 0 Å². The average molecular weight is 388 g/mol. The van der Waals surface area contributed by atoms with Crippen molar-refractivity contribution in [3.8, 4) is 0 Å². The summed E-state index contributed by atoms with van der Waals surface area (Å²) in [6, 6.07) is 8.08. The summed E-state index contributed by atoms with van der Waals surface area (Å²) in [5.41, 5.74) is 2.62. The third-order valence-corrected chi connectivity index (χ3v) is 9.96. The second kappa shape index (κ2) is 5.82. The Hall–Kier alpha value is -0.870. The third-order valence-electron chi connectivity index (χ3n) is 8.05. The monoisotopic (exact) mass is 387 g/mol. The molecular weight excluding hydrogens is 354 g/mol. The van der Waals surface area contributed by atoms with E-state index < -0.39 is 10.0 Å². The Morgan fingerprint density at radius 3 is 2.00 bits per heavy atom. The molecule has 27 heavy (non-hydrogen) atoms. The number of hydrogen-bond acceptors (Lipinski definition) is 2. The van der Waals surface area contributed by atoms with E-state index in [1.807, 2.05) is 12.1 Å². The van der Waals surface area contributed by atoms with Crippen LogP contribution in [0.2, 0.25) is 0 Å². The van der Waals surface area contributed by atoms with Gasteiger partial charge in [-0.3, -0.25) is 0 Å². The highest BCUT2D eigenvalue weighted by Gasteiger charge is 2.60. The first kappa shape index (κ1) is 18.2. The maximum absolute atomic E-state index is 13.0. The quantitative estimate of drug-likeness (QED) is 0.723. The molecule has 4 saturated carbocycles. The van der Waals surface area contributed by atoms with Crippen molar-refractivity contribution in [1.82, 2.24) is 4.31 Å². The van der Waals surface area contributed by atoms with Crippen LogP contribution in [0.4, 0.5) is 0 Å². The predicted molar refractivity (Wildman–Crippen MR) is 108 cm³/mol. The summed E-state index contributed by atoms with van der Waals surface area (Å²) in [5.74, 6) is 0.855. The molecule has 0 N–H and O–H groups in total. The SMILES string of the molecule is CC12CC3CC(C)(C1)CC(c1ccc(S(=O)(=O)N4CCCCC4)cc1)(C3)C2. The molecular formula is C23H33NO2S. The lowest BCUT2D eigenvalue weighted by molar-refractivity contribution is -0.110. The summed E-state index contributed by atoms with van der Waals surface area (Å²) in [6.07, 6.45) is 11.1. The van der Waals surface area contributed by atoms with Crippen LogP contribution in [-0.2, 0) is 15.4 Å². The molecule has 0 spiro atoms. The Morgan fingerprint density at radius 1 is 0.852 bits per heavy atom. The molecule has 1 aliphatic heterocycles. The minimum atomic E-state index is -3.33. The minimum Gasteiger partial charge on any atom is -0.207 e. The van der Waals surface area contributed by atoms with Gasteiger partial charge in [0.1, 0.15) is 0 Å². The van der Waals surface area contributed by atoms with Gasteiger partial charge in [0.15, 0.2) is 0 Å². The largest absolute Gasteiger partial charge is 0.243 e. The van der Waals surface area contributed by atoms with Crippen molar-refractivity contribution in [2.24, 2.45) is 16.7 Å². The molecule has 3 nitrogen and oxygen atoms in total. The maximum atomic E-state index is 13.0. The van der Waals surface area contributed by atoms with Crippen molar-refractivity contribution < 1.29 is 8.42 Å². The number of hydrogen-bond donors (Lipinski definition) is 0. The Balaban J connectivity index is 1.46. The molecule has 4 heteroatoms. The van der Waals surface area contributed by atoms with Gasteiger partial charge in [0, 0.05) is 13.1 Å². The topological polar surface area (TPSA) is 37.4 Å². The first-order chi connectivity index (χ1) is 12.7. The van der Waals surface area contributed by atoms with Crippen molar-refractivity contribution >= 4 is 10.0 Å². The second-order valence-corrected chi connectivity index (χ2v) is 12.8. The van der Waals surface area contributed by atoms with E-state index in [9.17, 15) is 8.42 Å². The number of piperidine rings is 1. The first-order valence-corrected chi connectivity index (χ1v) is 12.3. The van der Waals surface area contributed by atoms with Crippen LogP contribution in [0, 0.1) is 16.7 Å². The lowest BCUT2D eigenvalue weighted by Crippen LogP contribution is -2.56. The second-order valence-electron chi connectivity index (χ2n) is 10.9. The molecule has 5 aliphatic rings. The predicted octanol–water partition coefficient (Wildman–Crippen LogP) is 5.11. The fourth-order valence-corrected chi connectivity index (χ4v) is 9.52. The zero-order valence-electron chi connectivity index (χ0n) is 16.8. The van der Waals surface area contributed by atoms with Gasteiger partial charge in [-0.2, -0.15) is 4.31 Å². The van der Waals surface area contributed by atoms with E-state index >= 15 is 0 Å². The molecule has 148 valence electrons. The molecule has 2 unspecified atom stereocenters. The fourth-order valence-electron chi connectivity index (χ4n) is 8.00. The summed E-state index contributed by atoms with van der Waals surface area (Å²) in [6.45, 7) is 6.35.